The first kappa shape index (κ1) is 54.2. The van der Waals surface area contributed by atoms with Gasteiger partial charge in [-0.25, -0.2) is 19.2 Å². The van der Waals surface area contributed by atoms with Gasteiger partial charge in [-0.1, -0.05) is 182 Å². The quantitative estimate of drug-likeness (QED) is 0.0673. The van der Waals surface area contributed by atoms with Gasteiger partial charge in [0.1, 0.15) is 26.4 Å². The molecule has 16 aromatic rings. The maximum absolute atomic E-state index is 14.6. The third-order valence-corrected chi connectivity index (χ3v) is 20.3. The molecule has 96 heavy (non-hydrogen) atoms. The summed E-state index contributed by atoms with van der Waals surface area (Å²) in [5, 5.41) is 5.84. The second-order valence-corrected chi connectivity index (χ2v) is 25.4. The molecule has 0 saturated carbocycles. The fourth-order valence-electron chi connectivity index (χ4n) is 16.2. The first-order chi connectivity index (χ1) is 47.3. The van der Waals surface area contributed by atoms with E-state index in [9.17, 15) is 19.2 Å². The summed E-state index contributed by atoms with van der Waals surface area (Å²) in [6.07, 6.45) is 0. The van der Waals surface area contributed by atoms with E-state index < -0.39 is 37.6 Å². The predicted molar refractivity (Wildman–Crippen MR) is 378 cm³/mol. The third kappa shape index (κ3) is 7.74. The number of benzene rings is 12. The van der Waals surface area contributed by atoms with E-state index in [0.29, 0.717) is 22.3 Å². The first-order valence-electron chi connectivity index (χ1n) is 32.3. The number of para-hydroxylation sites is 2. The minimum atomic E-state index is -0.485. The zero-order valence-electron chi connectivity index (χ0n) is 51.3. The fourth-order valence-corrected chi connectivity index (χ4v) is 16.2. The molecule has 20 rings (SSSR count). The van der Waals surface area contributed by atoms with Crippen LogP contribution in [0.3, 0.4) is 0 Å². The van der Waals surface area contributed by atoms with E-state index in [4.69, 9.17) is 18.9 Å². The zero-order chi connectivity index (χ0) is 63.6. The Balaban J connectivity index is 0.823. The molecule has 12 nitrogen and oxygen atoms in total. The number of hydrogen-bond acceptors (Lipinski definition) is 8. The van der Waals surface area contributed by atoms with Crippen LogP contribution in [-0.4, -0.2) is 55.7 Å². The summed E-state index contributed by atoms with van der Waals surface area (Å²) in [5.74, 6) is -1.71. The van der Waals surface area contributed by atoms with E-state index >= 15 is 0 Å². The molecule has 8 heterocycles. The van der Waals surface area contributed by atoms with Crippen molar-refractivity contribution in [3.05, 3.63) is 299 Å². The Morgan fingerprint density at radius 3 is 0.990 bits per heavy atom. The summed E-state index contributed by atoms with van der Waals surface area (Å²) >= 11 is 0. The Labute approximate surface area is 548 Å². The van der Waals surface area contributed by atoms with Crippen molar-refractivity contribution in [1.82, 2.24) is 18.1 Å². The zero-order valence-corrected chi connectivity index (χ0v) is 51.3. The van der Waals surface area contributed by atoms with Crippen molar-refractivity contribution in [2.75, 3.05) is 0 Å². The van der Waals surface area contributed by atoms with Crippen molar-refractivity contribution in [2.24, 2.45) is 0 Å². The van der Waals surface area contributed by atoms with Crippen LogP contribution in [0.5, 0.6) is 0 Å². The fraction of sp³-hybridized carbons (Fsp3) is 0.0488. The highest BCUT2D eigenvalue weighted by molar-refractivity contribution is 6.92. The molecular formula is C82H50B2N4O8. The van der Waals surface area contributed by atoms with E-state index in [0.717, 1.165) is 154 Å². The molecule has 4 aliphatic heterocycles. The number of ether oxygens (including phenoxy) is 4. The number of fused-ring (bicyclic) bond motifs is 21. The molecule has 0 radical (unpaired) electrons. The minimum Gasteiger partial charge on any atom is -0.457 e. The highest BCUT2D eigenvalue weighted by Gasteiger charge is 2.47. The predicted octanol–water partition coefficient (Wildman–Crippen LogP) is 14.3. The van der Waals surface area contributed by atoms with E-state index in [1.54, 1.807) is 0 Å². The average Bonchev–Trinajstić information content (AvgIpc) is 1.47. The van der Waals surface area contributed by atoms with Crippen LogP contribution in [0.25, 0.3) is 110 Å². The van der Waals surface area contributed by atoms with Gasteiger partial charge < -0.3 is 37.0 Å². The van der Waals surface area contributed by atoms with Crippen molar-refractivity contribution < 1.29 is 38.1 Å². The summed E-state index contributed by atoms with van der Waals surface area (Å²) < 4.78 is 33.8. The highest BCUT2D eigenvalue weighted by Crippen LogP contribution is 2.50. The Morgan fingerprint density at radius 2 is 0.625 bits per heavy atom. The molecule has 0 amide bonds. The van der Waals surface area contributed by atoms with Gasteiger partial charge in [-0.15, -0.1) is 0 Å². The standard InChI is InChI=1S/C82H50B2N4O8/c89-79(93-43-47-15-5-1-6-16-47)51-27-35-67-63(39-51)59-33-31-55-57-23-13-25-61-73(57)87(83-65-41-53(29-37-69(65)85(67)75(59)71(55)83)81(91)95-45-49-19-9-3-10-20-49)77-62-26-14-24-58-56-32-34-60-64-40-52(80(90)94-44-48-17-7-2-8-18-48)28-36-68(64)86-70-38-30-54(82(92)96-46-50-21-11-4-12-22-50)42-66(70)84(72(56)76(60)86)88(74(58)62)78(61)77/h1-42H,43-46H2. The summed E-state index contributed by atoms with van der Waals surface area (Å²) in [7, 11) is 0. The van der Waals surface area contributed by atoms with Crippen LogP contribution >= 0.6 is 0 Å². The molecular weight excluding hydrogens is 1190 g/mol. The lowest BCUT2D eigenvalue weighted by atomic mass is 9.45. The molecule has 0 bridgehead atoms. The Bertz CT molecular complexity index is 5760. The van der Waals surface area contributed by atoms with Crippen molar-refractivity contribution in [2.45, 2.75) is 26.4 Å². The van der Waals surface area contributed by atoms with Crippen molar-refractivity contribution in [3.8, 4) is 33.6 Å². The summed E-state index contributed by atoms with van der Waals surface area (Å²) in [6.45, 7) is -0.459. The normalized spacial score (nSPS) is 12.7. The minimum absolute atomic E-state index is 0.112. The van der Waals surface area contributed by atoms with Gasteiger partial charge in [0.15, 0.2) is 0 Å². The summed E-state index contributed by atoms with van der Waals surface area (Å²) in [4.78, 5) is 57.4. The number of hydrogen-bond donors (Lipinski definition) is 0. The highest BCUT2D eigenvalue weighted by atomic mass is 16.5. The molecule has 0 fully saturated rings. The molecule has 0 aliphatic carbocycles. The topological polar surface area (TPSA) is 125 Å². The van der Waals surface area contributed by atoms with E-state index in [-0.39, 0.29) is 26.4 Å². The van der Waals surface area contributed by atoms with Crippen LogP contribution in [0, 0.1) is 0 Å². The second-order valence-electron chi connectivity index (χ2n) is 25.4. The van der Waals surface area contributed by atoms with Gasteiger partial charge in [-0.2, -0.15) is 0 Å². The van der Waals surface area contributed by atoms with Gasteiger partial charge in [0.05, 0.1) is 55.4 Å². The second kappa shape index (κ2) is 20.5. The van der Waals surface area contributed by atoms with Crippen molar-refractivity contribution >= 4 is 136 Å². The van der Waals surface area contributed by atoms with Crippen LogP contribution in [0.2, 0.25) is 0 Å². The van der Waals surface area contributed by atoms with Crippen LogP contribution in [0.15, 0.2) is 255 Å². The molecule has 12 aromatic carbocycles. The first-order valence-corrected chi connectivity index (χ1v) is 32.3. The van der Waals surface area contributed by atoms with Gasteiger partial charge in [0.2, 0.25) is 0 Å². The van der Waals surface area contributed by atoms with Gasteiger partial charge >= 0.3 is 37.6 Å². The number of esters is 4. The number of nitrogens with zero attached hydrogens (tertiary/aromatic N) is 4. The molecule has 14 heteroatoms. The maximum Gasteiger partial charge on any atom is 0.338 e. The molecule has 4 aromatic heterocycles. The molecule has 0 saturated heterocycles. The largest absolute Gasteiger partial charge is 0.457 e. The number of carbonyl (C=O) groups excluding carboxylic acids is 4. The van der Waals surface area contributed by atoms with Gasteiger partial charge in [-0.3, -0.25) is 0 Å². The van der Waals surface area contributed by atoms with Crippen LogP contribution in [-0.2, 0) is 45.4 Å². The van der Waals surface area contributed by atoms with E-state index in [1.807, 2.05) is 182 Å². The van der Waals surface area contributed by atoms with Gasteiger partial charge in [-0.05, 0) is 128 Å². The lowest BCUT2D eigenvalue weighted by Gasteiger charge is -2.34. The smallest absolute Gasteiger partial charge is 0.338 e. The maximum atomic E-state index is 14.6. The van der Waals surface area contributed by atoms with Crippen molar-refractivity contribution in [1.29, 1.82) is 0 Å². The number of aromatic nitrogens is 4. The SMILES string of the molecule is O=C(OCc1ccccc1)c1ccc2c(c1)B1c3c(ccc4c5cc(C(=O)OCc6ccccc6)ccc5n-2c34)-c2cccc3c2n1c1c2cccc4c2n(c31)B1c2cc(C(=O)OCc3ccccc3)ccc2-n2c3ccc(C(=O)OCc5ccccc5)cc3c3ccc-4c1c32. The van der Waals surface area contributed by atoms with Gasteiger partial charge in [0.25, 0.3) is 0 Å². The Hall–Kier alpha value is -12.4. The van der Waals surface area contributed by atoms with Crippen molar-refractivity contribution in [3.63, 3.8) is 0 Å². The Kier molecular flexibility index (Phi) is 11.6. The molecule has 452 valence electrons. The Morgan fingerprint density at radius 1 is 0.281 bits per heavy atom. The number of rotatable bonds is 12. The van der Waals surface area contributed by atoms with Crippen LogP contribution in [0.4, 0.5) is 0 Å². The molecule has 0 unspecified atom stereocenters. The lowest BCUT2D eigenvalue weighted by Crippen LogP contribution is -2.55. The monoisotopic (exact) mass is 1240 g/mol. The molecule has 0 spiro atoms. The number of carbonyl (C=O) groups is 4. The average molecular weight is 1240 g/mol. The summed E-state index contributed by atoms with van der Waals surface area (Å²) in [5.41, 5.74) is 23.3. The molecule has 0 N–H and O–H groups in total. The van der Waals surface area contributed by atoms with Crippen LogP contribution in [0.1, 0.15) is 63.7 Å². The van der Waals surface area contributed by atoms with Crippen LogP contribution < -0.4 is 21.9 Å². The third-order valence-electron chi connectivity index (χ3n) is 20.3. The van der Waals surface area contributed by atoms with Gasteiger partial charge in [0, 0.05) is 65.9 Å². The summed E-state index contributed by atoms with van der Waals surface area (Å²) in [6, 6.07) is 84.5. The molecule has 0 atom stereocenters. The lowest BCUT2D eigenvalue weighted by molar-refractivity contribution is 0.0464. The van der Waals surface area contributed by atoms with E-state index in [2.05, 4.69) is 90.9 Å². The van der Waals surface area contributed by atoms with E-state index in [1.165, 1.54) is 0 Å². The molecule has 4 aliphatic rings.